The molecule has 6 nitrogen and oxygen atoms in total. The number of hydrogen-bond donors (Lipinski definition) is 1. The van der Waals surface area contributed by atoms with Crippen LogP contribution in [-0.2, 0) is 14.8 Å². The zero-order chi connectivity index (χ0) is 22.9. The predicted molar refractivity (Wildman–Crippen MR) is 117 cm³/mol. The molecular weight excluding hydrogens is 438 g/mol. The first-order chi connectivity index (χ1) is 15.2. The number of anilines is 1. The molecule has 1 fully saturated rings. The zero-order valence-corrected chi connectivity index (χ0v) is 18.4. The number of allylic oxidation sites excluding steroid dienone is 1. The summed E-state index contributed by atoms with van der Waals surface area (Å²) in [5.74, 6) is -1.57. The van der Waals surface area contributed by atoms with Crippen LogP contribution >= 0.6 is 0 Å². The summed E-state index contributed by atoms with van der Waals surface area (Å²) in [6, 6.07) is 6.90. The van der Waals surface area contributed by atoms with Gasteiger partial charge in [0.2, 0.25) is 10.0 Å². The third kappa shape index (κ3) is 4.93. The van der Waals surface area contributed by atoms with Crippen molar-refractivity contribution in [3.63, 3.8) is 0 Å². The highest BCUT2D eigenvalue weighted by atomic mass is 32.2. The molecule has 4 rings (SSSR count). The van der Waals surface area contributed by atoms with Gasteiger partial charge in [0, 0.05) is 24.6 Å². The van der Waals surface area contributed by atoms with E-state index in [4.69, 9.17) is 4.74 Å². The second-order valence-corrected chi connectivity index (χ2v) is 9.97. The molecule has 9 heteroatoms. The fourth-order valence-corrected chi connectivity index (χ4v) is 4.57. The van der Waals surface area contributed by atoms with Gasteiger partial charge in [-0.05, 0) is 43.2 Å². The van der Waals surface area contributed by atoms with Gasteiger partial charge in [0.15, 0.2) is 23.1 Å². The van der Waals surface area contributed by atoms with E-state index in [9.17, 15) is 22.0 Å². The second kappa shape index (κ2) is 8.90. The van der Waals surface area contributed by atoms with Crippen molar-refractivity contribution < 1.29 is 26.7 Å². The number of benzene rings is 2. The molecule has 1 aliphatic heterocycles. The Bertz CT molecular complexity index is 1160. The van der Waals surface area contributed by atoms with Gasteiger partial charge >= 0.3 is 0 Å². The molecule has 170 valence electrons. The van der Waals surface area contributed by atoms with E-state index < -0.39 is 27.7 Å². The number of sulfonamides is 1. The Morgan fingerprint density at radius 2 is 1.97 bits per heavy atom. The van der Waals surface area contributed by atoms with Crippen molar-refractivity contribution in [2.75, 3.05) is 17.5 Å². The van der Waals surface area contributed by atoms with Crippen LogP contribution in [-0.4, -0.2) is 31.9 Å². The number of ether oxygens (including phenoxy) is 1. The largest absolute Gasteiger partial charge is 0.452 e. The molecule has 0 amide bonds. The average Bonchev–Trinajstić information content (AvgIpc) is 2.67. The van der Waals surface area contributed by atoms with Gasteiger partial charge in [-0.25, -0.2) is 17.2 Å². The van der Waals surface area contributed by atoms with Crippen LogP contribution < -0.4 is 9.46 Å². The van der Waals surface area contributed by atoms with E-state index in [0.717, 1.165) is 37.7 Å². The van der Waals surface area contributed by atoms with Gasteiger partial charge in [-0.3, -0.25) is 9.52 Å². The molecule has 32 heavy (non-hydrogen) atoms. The number of nitrogens with zero attached hydrogens (tertiary/aromatic N) is 1. The smallest absolute Gasteiger partial charge is 0.229 e. The number of ketones is 1. The molecule has 1 atom stereocenters. The normalized spacial score (nSPS) is 19.0. The third-order valence-corrected chi connectivity index (χ3v) is 6.28. The van der Waals surface area contributed by atoms with Crippen LogP contribution in [0.1, 0.15) is 37.3 Å². The molecule has 0 saturated heterocycles. The minimum absolute atomic E-state index is 0.00990. The van der Waals surface area contributed by atoms with Crippen molar-refractivity contribution in [2.45, 2.75) is 31.7 Å². The van der Waals surface area contributed by atoms with Gasteiger partial charge in [-0.2, -0.15) is 0 Å². The Morgan fingerprint density at radius 1 is 1.19 bits per heavy atom. The topological polar surface area (TPSA) is 75.7 Å². The summed E-state index contributed by atoms with van der Waals surface area (Å²) in [5.41, 5.74) is 0.482. The number of nitrogens with one attached hydrogen (secondary N) is 1. The minimum atomic E-state index is -3.69. The summed E-state index contributed by atoms with van der Waals surface area (Å²) in [7, 11) is -3.69. The van der Waals surface area contributed by atoms with Crippen LogP contribution in [0.2, 0.25) is 0 Å². The molecule has 0 spiro atoms. The lowest BCUT2D eigenvalue weighted by atomic mass is 9.84. The maximum absolute atomic E-state index is 14.4. The first-order valence-corrected chi connectivity index (χ1v) is 12.3. The molecule has 1 unspecified atom stereocenters. The number of carbonyl (C=O) groups excluding carboxylic acids is 1. The fourth-order valence-electron chi connectivity index (χ4n) is 4.01. The molecule has 1 saturated carbocycles. The van der Waals surface area contributed by atoms with E-state index in [1.807, 2.05) is 11.1 Å². The highest BCUT2D eigenvalue weighted by Gasteiger charge is 2.34. The van der Waals surface area contributed by atoms with Crippen molar-refractivity contribution in [1.82, 2.24) is 4.90 Å². The molecule has 2 aromatic carbocycles. The van der Waals surface area contributed by atoms with E-state index in [2.05, 4.69) is 4.72 Å². The van der Waals surface area contributed by atoms with Crippen molar-refractivity contribution in [3.8, 4) is 11.5 Å². The van der Waals surface area contributed by atoms with Crippen LogP contribution in [0.4, 0.5) is 14.5 Å². The molecule has 1 N–H and O–H groups in total. The van der Waals surface area contributed by atoms with E-state index in [1.165, 1.54) is 6.07 Å². The van der Waals surface area contributed by atoms with E-state index >= 15 is 0 Å². The molecule has 2 aliphatic rings. The van der Waals surface area contributed by atoms with E-state index in [1.54, 1.807) is 18.2 Å². The fraction of sp³-hybridized carbons (Fsp3) is 0.348. The standard InChI is InChI=1S/C23H24F2N2O4S/c1-32(29,30)26-19-8-3-7-17(23(19)31-21-11-10-16(24)13-18(21)25)22-20(28)9-4-12-27(22)14-15-5-2-6-15/h3-4,7-8,10-13,15,22,26H,2,5-6,9,14H2,1H3. The van der Waals surface area contributed by atoms with Gasteiger partial charge in [0.25, 0.3) is 0 Å². The Labute approximate surface area is 185 Å². The lowest BCUT2D eigenvalue weighted by Gasteiger charge is -2.38. The minimum Gasteiger partial charge on any atom is -0.452 e. The Morgan fingerprint density at radius 3 is 2.62 bits per heavy atom. The van der Waals surface area contributed by atoms with Crippen molar-refractivity contribution in [2.24, 2.45) is 5.92 Å². The molecule has 0 bridgehead atoms. The maximum atomic E-state index is 14.4. The zero-order valence-electron chi connectivity index (χ0n) is 17.6. The Hall–Kier alpha value is -2.94. The van der Waals surface area contributed by atoms with E-state index in [0.29, 0.717) is 24.1 Å². The van der Waals surface area contributed by atoms with Crippen LogP contribution in [0.15, 0.2) is 48.7 Å². The summed E-state index contributed by atoms with van der Waals surface area (Å²) < 4.78 is 59.8. The SMILES string of the molecule is CS(=O)(=O)Nc1cccc(C2C(=O)CC=CN2CC2CCC2)c1Oc1ccc(F)cc1F. The molecule has 2 aromatic rings. The number of carbonyl (C=O) groups is 1. The maximum Gasteiger partial charge on any atom is 0.229 e. The second-order valence-electron chi connectivity index (χ2n) is 8.23. The van der Waals surface area contributed by atoms with Gasteiger partial charge < -0.3 is 9.64 Å². The van der Waals surface area contributed by atoms with Gasteiger partial charge in [0.05, 0.1) is 11.9 Å². The van der Waals surface area contributed by atoms with Crippen molar-refractivity contribution in [1.29, 1.82) is 0 Å². The van der Waals surface area contributed by atoms with E-state index in [-0.39, 0.29) is 29.4 Å². The Kier molecular flexibility index (Phi) is 6.19. The number of Topliss-reactive ketones (excluding diaryl/α,β-unsaturated/α-hetero) is 1. The van der Waals surface area contributed by atoms with Crippen LogP contribution in [0.25, 0.3) is 0 Å². The predicted octanol–water partition coefficient (Wildman–Crippen LogP) is 4.76. The summed E-state index contributed by atoms with van der Waals surface area (Å²) in [6.45, 7) is 0.682. The highest BCUT2D eigenvalue weighted by Crippen LogP contribution is 2.42. The molecule has 1 aliphatic carbocycles. The van der Waals surface area contributed by atoms with Gasteiger partial charge in [0.1, 0.15) is 11.9 Å². The van der Waals surface area contributed by atoms with Crippen LogP contribution in [0.3, 0.4) is 0 Å². The van der Waals surface area contributed by atoms with Gasteiger partial charge in [-0.15, -0.1) is 0 Å². The van der Waals surface area contributed by atoms with Crippen molar-refractivity contribution >= 4 is 21.5 Å². The monoisotopic (exact) mass is 462 g/mol. The molecule has 0 aromatic heterocycles. The molecular formula is C23H24F2N2O4S. The molecule has 1 heterocycles. The Balaban J connectivity index is 1.80. The lowest BCUT2D eigenvalue weighted by molar-refractivity contribution is -0.123. The average molecular weight is 463 g/mol. The van der Waals surface area contributed by atoms with Crippen LogP contribution in [0, 0.1) is 17.6 Å². The van der Waals surface area contributed by atoms with Crippen molar-refractivity contribution in [3.05, 3.63) is 65.9 Å². The highest BCUT2D eigenvalue weighted by molar-refractivity contribution is 7.92. The molecule has 0 radical (unpaired) electrons. The van der Waals surface area contributed by atoms with Gasteiger partial charge in [-0.1, -0.05) is 24.6 Å². The first-order valence-electron chi connectivity index (χ1n) is 10.4. The summed E-state index contributed by atoms with van der Waals surface area (Å²) >= 11 is 0. The quantitative estimate of drug-likeness (QED) is 0.642. The first kappa shape index (κ1) is 22.3. The summed E-state index contributed by atoms with van der Waals surface area (Å²) in [6.07, 6.45) is 8.22. The summed E-state index contributed by atoms with van der Waals surface area (Å²) in [5, 5.41) is 0. The lowest BCUT2D eigenvalue weighted by Crippen LogP contribution is -2.37. The third-order valence-electron chi connectivity index (χ3n) is 5.69. The number of rotatable bonds is 7. The number of para-hydroxylation sites is 1. The number of hydrogen-bond acceptors (Lipinski definition) is 5. The summed E-state index contributed by atoms with van der Waals surface area (Å²) in [4.78, 5) is 14.9. The van der Waals surface area contributed by atoms with Crippen LogP contribution in [0.5, 0.6) is 11.5 Å². The number of halogens is 2.